The summed E-state index contributed by atoms with van der Waals surface area (Å²) in [7, 11) is 1.68. The molecule has 0 spiro atoms. The van der Waals surface area contributed by atoms with Gasteiger partial charge in [0.15, 0.2) is 11.6 Å². The normalized spacial score (nSPS) is 16.2. The van der Waals surface area contributed by atoms with Crippen LogP contribution in [0.5, 0.6) is 0 Å². The molecule has 30 heavy (non-hydrogen) atoms. The lowest BCUT2D eigenvalue weighted by Gasteiger charge is -2.19. The Morgan fingerprint density at radius 3 is 2.40 bits per heavy atom. The maximum Gasteiger partial charge on any atom is 0.257 e. The fourth-order valence-electron chi connectivity index (χ4n) is 3.56. The highest BCUT2D eigenvalue weighted by Gasteiger charge is 2.27. The summed E-state index contributed by atoms with van der Waals surface area (Å²) in [4.78, 5) is 14.3. The van der Waals surface area contributed by atoms with Gasteiger partial charge < -0.3 is 10.2 Å². The van der Waals surface area contributed by atoms with Crippen LogP contribution in [0.15, 0.2) is 42.6 Å². The van der Waals surface area contributed by atoms with Crippen molar-refractivity contribution in [2.45, 2.75) is 12.5 Å². The van der Waals surface area contributed by atoms with Gasteiger partial charge >= 0.3 is 0 Å². The summed E-state index contributed by atoms with van der Waals surface area (Å²) in [6.45, 7) is 0.797. The van der Waals surface area contributed by atoms with Crippen molar-refractivity contribution >= 4 is 11.6 Å². The fraction of sp³-hybridized carbons (Fsp3) is 0.238. The highest BCUT2D eigenvalue weighted by atomic mass is 19.2. The van der Waals surface area contributed by atoms with E-state index in [1.54, 1.807) is 24.2 Å². The molecule has 0 saturated carbocycles. The molecule has 0 aliphatic carbocycles. The van der Waals surface area contributed by atoms with Gasteiger partial charge in [-0.2, -0.15) is 5.10 Å². The van der Waals surface area contributed by atoms with E-state index in [0.29, 0.717) is 30.9 Å². The zero-order valence-corrected chi connectivity index (χ0v) is 16.0. The third-order valence-electron chi connectivity index (χ3n) is 5.07. The second-order valence-corrected chi connectivity index (χ2v) is 7.19. The molecule has 0 bridgehead atoms. The van der Waals surface area contributed by atoms with Crippen molar-refractivity contribution in [3.05, 3.63) is 71.4 Å². The number of hydrogen-bond acceptors (Lipinski definition) is 3. The van der Waals surface area contributed by atoms with Gasteiger partial charge in [-0.05, 0) is 36.8 Å². The van der Waals surface area contributed by atoms with Gasteiger partial charge in [0.05, 0.1) is 5.69 Å². The molecule has 0 unspecified atom stereocenters. The number of anilines is 1. The molecule has 1 aromatic heterocycles. The zero-order chi connectivity index (χ0) is 21.4. The minimum Gasteiger partial charge on any atom is -0.369 e. The number of aryl methyl sites for hydroxylation is 1. The number of rotatable bonds is 4. The molecule has 4 rings (SSSR count). The van der Waals surface area contributed by atoms with Crippen molar-refractivity contribution in [2.75, 3.05) is 18.0 Å². The largest absolute Gasteiger partial charge is 0.369 e. The average molecular weight is 418 g/mol. The van der Waals surface area contributed by atoms with Crippen molar-refractivity contribution in [1.29, 1.82) is 0 Å². The Morgan fingerprint density at radius 2 is 1.77 bits per heavy atom. The van der Waals surface area contributed by atoms with E-state index in [0.717, 1.165) is 24.3 Å². The Hall–Kier alpha value is -3.36. The van der Waals surface area contributed by atoms with Gasteiger partial charge in [0.2, 0.25) is 0 Å². The van der Waals surface area contributed by atoms with Crippen molar-refractivity contribution in [3.8, 4) is 11.3 Å². The van der Waals surface area contributed by atoms with Crippen LogP contribution < -0.4 is 10.2 Å². The summed E-state index contributed by atoms with van der Waals surface area (Å²) in [5.41, 5.74) is 0.427. The molecule has 1 saturated heterocycles. The summed E-state index contributed by atoms with van der Waals surface area (Å²) in [5.74, 6) is -4.73. The Morgan fingerprint density at radius 1 is 1.03 bits per heavy atom. The fourth-order valence-corrected chi connectivity index (χ4v) is 3.56. The molecule has 1 fully saturated rings. The number of nitrogens with one attached hydrogen (secondary N) is 1. The van der Waals surface area contributed by atoms with Crippen LogP contribution in [0.3, 0.4) is 0 Å². The molecule has 2 aromatic carbocycles. The number of hydrogen-bond donors (Lipinski definition) is 1. The van der Waals surface area contributed by atoms with Gasteiger partial charge in [0, 0.05) is 49.7 Å². The number of carbonyl (C=O) groups excluding carboxylic acids is 1. The molecule has 1 aliphatic rings. The first-order valence-corrected chi connectivity index (χ1v) is 9.32. The van der Waals surface area contributed by atoms with Crippen LogP contribution in [0.2, 0.25) is 0 Å². The first-order chi connectivity index (χ1) is 14.3. The lowest BCUT2D eigenvalue weighted by Crippen LogP contribution is -2.38. The number of amides is 1. The number of halogens is 4. The molecular weight excluding hydrogens is 400 g/mol. The van der Waals surface area contributed by atoms with Crippen LogP contribution >= 0.6 is 0 Å². The minimum atomic E-state index is -0.983. The predicted molar refractivity (Wildman–Crippen MR) is 103 cm³/mol. The lowest BCUT2D eigenvalue weighted by molar-refractivity contribution is 0.0932. The van der Waals surface area contributed by atoms with E-state index in [1.165, 1.54) is 10.7 Å². The third-order valence-corrected chi connectivity index (χ3v) is 5.07. The van der Waals surface area contributed by atoms with Crippen molar-refractivity contribution in [3.63, 3.8) is 0 Å². The van der Waals surface area contributed by atoms with Crippen molar-refractivity contribution in [2.24, 2.45) is 7.05 Å². The van der Waals surface area contributed by atoms with Gasteiger partial charge in [-0.15, -0.1) is 0 Å². The second-order valence-electron chi connectivity index (χ2n) is 7.19. The SMILES string of the molecule is Cn1ccc(-c2cc(F)c(C(=O)N[C@H]3CCN(c4ccc(F)c(F)c4)C3)c(F)c2)n1. The van der Waals surface area contributed by atoms with Gasteiger partial charge in [-0.25, -0.2) is 17.6 Å². The van der Waals surface area contributed by atoms with Crippen LogP contribution in [0, 0.1) is 23.3 Å². The topological polar surface area (TPSA) is 50.2 Å². The molecule has 156 valence electrons. The number of nitrogens with zero attached hydrogens (tertiary/aromatic N) is 3. The summed E-state index contributed by atoms with van der Waals surface area (Å²) in [5, 5.41) is 6.71. The Kier molecular flexibility index (Phi) is 5.19. The summed E-state index contributed by atoms with van der Waals surface area (Å²) < 4.78 is 57.1. The van der Waals surface area contributed by atoms with E-state index in [4.69, 9.17) is 0 Å². The second kappa shape index (κ2) is 7.81. The van der Waals surface area contributed by atoms with Crippen LogP contribution in [0.25, 0.3) is 11.3 Å². The van der Waals surface area contributed by atoms with Crippen LogP contribution in [-0.2, 0) is 7.05 Å². The molecule has 2 heterocycles. The zero-order valence-electron chi connectivity index (χ0n) is 16.0. The van der Waals surface area contributed by atoms with E-state index in [1.807, 2.05) is 0 Å². The number of benzene rings is 2. The van der Waals surface area contributed by atoms with E-state index >= 15 is 0 Å². The van der Waals surface area contributed by atoms with Crippen molar-refractivity contribution < 1.29 is 22.4 Å². The summed E-state index contributed by atoms with van der Waals surface area (Å²) >= 11 is 0. The van der Waals surface area contributed by atoms with Gasteiger partial charge in [-0.1, -0.05) is 0 Å². The summed E-state index contributed by atoms with van der Waals surface area (Å²) in [6, 6.07) is 6.92. The van der Waals surface area contributed by atoms with E-state index in [2.05, 4.69) is 10.4 Å². The molecule has 1 amide bonds. The monoisotopic (exact) mass is 418 g/mol. The average Bonchev–Trinajstić information content (AvgIpc) is 3.32. The van der Waals surface area contributed by atoms with E-state index in [9.17, 15) is 22.4 Å². The maximum atomic E-state index is 14.5. The standard InChI is InChI=1S/C21H18F4N4O/c1-28-6-5-19(27-28)12-8-17(24)20(18(25)9-12)21(30)26-13-4-7-29(11-13)14-2-3-15(22)16(23)10-14/h2-3,5-6,8-10,13H,4,7,11H2,1H3,(H,26,30)/t13-/m0/s1. The van der Waals surface area contributed by atoms with E-state index < -0.39 is 34.7 Å². The molecule has 1 aliphatic heterocycles. The Bertz CT molecular complexity index is 1090. The first-order valence-electron chi connectivity index (χ1n) is 9.32. The van der Waals surface area contributed by atoms with Crippen LogP contribution in [-0.4, -0.2) is 34.8 Å². The number of carbonyl (C=O) groups is 1. The van der Waals surface area contributed by atoms with Crippen LogP contribution in [0.1, 0.15) is 16.8 Å². The minimum absolute atomic E-state index is 0.229. The molecule has 0 radical (unpaired) electrons. The molecular formula is C21H18F4N4O. The lowest BCUT2D eigenvalue weighted by atomic mass is 10.1. The van der Waals surface area contributed by atoms with Crippen molar-refractivity contribution in [1.82, 2.24) is 15.1 Å². The third kappa shape index (κ3) is 3.87. The van der Waals surface area contributed by atoms with Gasteiger partial charge in [0.25, 0.3) is 5.91 Å². The maximum absolute atomic E-state index is 14.5. The quantitative estimate of drug-likeness (QED) is 0.658. The Labute approximate surface area is 169 Å². The molecule has 1 atom stereocenters. The van der Waals surface area contributed by atoms with E-state index in [-0.39, 0.29) is 11.6 Å². The Balaban J connectivity index is 1.47. The number of aromatic nitrogens is 2. The summed E-state index contributed by atoms with van der Waals surface area (Å²) in [6.07, 6.45) is 2.14. The first kappa shape index (κ1) is 19.9. The van der Waals surface area contributed by atoms with Crippen LogP contribution in [0.4, 0.5) is 23.2 Å². The molecule has 3 aromatic rings. The van der Waals surface area contributed by atoms with Gasteiger partial charge in [0.1, 0.15) is 17.2 Å². The molecule has 5 nitrogen and oxygen atoms in total. The molecule has 1 N–H and O–H groups in total. The highest BCUT2D eigenvalue weighted by molar-refractivity contribution is 5.95. The molecule has 9 heteroatoms. The van der Waals surface area contributed by atoms with Gasteiger partial charge in [-0.3, -0.25) is 9.48 Å². The predicted octanol–water partition coefficient (Wildman–Crippen LogP) is 3.65. The highest BCUT2D eigenvalue weighted by Crippen LogP contribution is 2.25. The smallest absolute Gasteiger partial charge is 0.257 e.